The molecule has 1 atom stereocenters. The summed E-state index contributed by atoms with van der Waals surface area (Å²) in [6, 6.07) is -0.675. The highest BCUT2D eigenvalue weighted by atomic mass is 16.2. The number of aromatic nitrogens is 2. The maximum atomic E-state index is 12.3. The fraction of sp³-hybridized carbons (Fsp3) is 0.533. The summed E-state index contributed by atoms with van der Waals surface area (Å²) in [5.74, 6) is -0.837. The van der Waals surface area contributed by atoms with Crippen molar-refractivity contribution in [1.82, 2.24) is 26.1 Å². The Balaban J connectivity index is 1.89. The molecule has 1 heterocycles. The smallest absolute Gasteiger partial charge is 0.272 e. The van der Waals surface area contributed by atoms with Gasteiger partial charge in [0.15, 0.2) is 0 Å². The number of hydrogen-bond donors (Lipinski definition) is 4. The normalized spacial score (nSPS) is 15.2. The number of nitrogens with one attached hydrogen (secondary N) is 3. The monoisotopic (exact) mass is 334 g/mol. The number of carbonyl (C=O) groups excluding carboxylic acids is 3. The van der Waals surface area contributed by atoms with Crippen molar-refractivity contribution in [2.24, 2.45) is 11.7 Å². The van der Waals surface area contributed by atoms with E-state index in [2.05, 4.69) is 26.1 Å². The maximum Gasteiger partial charge on any atom is 0.272 e. The molecule has 0 spiro atoms. The summed E-state index contributed by atoms with van der Waals surface area (Å²) < 4.78 is 0. The highest BCUT2D eigenvalue weighted by Gasteiger charge is 2.28. The van der Waals surface area contributed by atoms with Gasteiger partial charge in [-0.15, -0.1) is 0 Å². The van der Waals surface area contributed by atoms with Gasteiger partial charge in [-0.25, -0.2) is 10.4 Å². The Morgan fingerprint density at radius 1 is 1.29 bits per heavy atom. The van der Waals surface area contributed by atoms with Gasteiger partial charge < -0.3 is 11.1 Å². The summed E-state index contributed by atoms with van der Waals surface area (Å²) >= 11 is 0. The Kier molecular flexibility index (Phi) is 6.62. The van der Waals surface area contributed by atoms with Crippen molar-refractivity contribution in [3.05, 3.63) is 24.3 Å². The Morgan fingerprint density at radius 2 is 2.08 bits per heavy atom. The molecular formula is C15H22N6O3. The molecule has 1 aromatic rings. The summed E-state index contributed by atoms with van der Waals surface area (Å²) in [5, 5.41) is 2.70. The van der Waals surface area contributed by atoms with Crippen LogP contribution >= 0.6 is 0 Å². The van der Waals surface area contributed by atoms with Crippen LogP contribution in [0.25, 0.3) is 0 Å². The van der Waals surface area contributed by atoms with E-state index in [4.69, 9.17) is 5.73 Å². The molecule has 9 nitrogen and oxygen atoms in total. The van der Waals surface area contributed by atoms with Gasteiger partial charge >= 0.3 is 0 Å². The predicted molar refractivity (Wildman–Crippen MR) is 85.2 cm³/mol. The third-order valence-electron chi connectivity index (χ3n) is 3.92. The minimum Gasteiger partial charge on any atom is -0.370 e. The van der Waals surface area contributed by atoms with Crippen LogP contribution in [0.4, 0.5) is 0 Å². The van der Waals surface area contributed by atoms with Crippen LogP contribution in [0, 0.1) is 5.92 Å². The lowest BCUT2D eigenvalue weighted by molar-refractivity contribution is -0.125. The van der Waals surface area contributed by atoms with Gasteiger partial charge in [0.2, 0.25) is 5.91 Å². The second-order valence-electron chi connectivity index (χ2n) is 5.78. The number of primary amides is 1. The molecule has 3 amide bonds. The topological polar surface area (TPSA) is 139 Å². The molecule has 1 aromatic heterocycles. The average molecular weight is 334 g/mol. The van der Waals surface area contributed by atoms with Gasteiger partial charge in [-0.3, -0.25) is 24.8 Å². The van der Waals surface area contributed by atoms with E-state index in [1.54, 1.807) is 0 Å². The third kappa shape index (κ3) is 5.58. The zero-order valence-electron chi connectivity index (χ0n) is 13.3. The molecule has 1 aliphatic rings. The second kappa shape index (κ2) is 8.92. The van der Waals surface area contributed by atoms with Crippen LogP contribution in [-0.2, 0) is 9.59 Å². The number of amides is 3. The summed E-state index contributed by atoms with van der Waals surface area (Å²) in [5.41, 5.74) is 10.3. The standard InChI is InChI=1S/C15H22N6O3/c16-13(22)4-5-19-21-15(24)11(8-10-2-1-3-10)20-14(23)12-9-17-6-7-18-12/h6-7,9-11,19H,1-5,8H2,(H2,16,22)(H,20,23)(H,21,24)/t11-/m0/s1. The molecule has 0 aliphatic heterocycles. The van der Waals surface area contributed by atoms with E-state index >= 15 is 0 Å². The molecule has 1 fully saturated rings. The van der Waals surface area contributed by atoms with Crippen molar-refractivity contribution < 1.29 is 14.4 Å². The Bertz CT molecular complexity index is 576. The molecular weight excluding hydrogens is 312 g/mol. The minimum absolute atomic E-state index is 0.111. The van der Waals surface area contributed by atoms with Gasteiger partial charge in [-0.2, -0.15) is 0 Å². The van der Waals surface area contributed by atoms with Crippen LogP contribution in [-0.4, -0.2) is 40.3 Å². The van der Waals surface area contributed by atoms with E-state index in [0.717, 1.165) is 19.3 Å². The molecule has 0 bridgehead atoms. The zero-order chi connectivity index (χ0) is 17.4. The SMILES string of the molecule is NC(=O)CCNNC(=O)[C@H](CC1CCC1)NC(=O)c1cnccn1. The van der Waals surface area contributed by atoms with Gasteiger partial charge in [0.1, 0.15) is 11.7 Å². The first-order valence-electron chi connectivity index (χ1n) is 7.94. The predicted octanol–water partition coefficient (Wildman–Crippen LogP) is -0.739. The molecule has 0 aromatic carbocycles. The highest BCUT2D eigenvalue weighted by molar-refractivity contribution is 5.95. The van der Waals surface area contributed by atoms with E-state index in [-0.39, 0.29) is 24.6 Å². The molecule has 0 unspecified atom stereocenters. The lowest BCUT2D eigenvalue weighted by Gasteiger charge is -2.29. The molecule has 0 radical (unpaired) electrons. The second-order valence-corrected chi connectivity index (χ2v) is 5.78. The van der Waals surface area contributed by atoms with E-state index in [0.29, 0.717) is 12.3 Å². The quantitative estimate of drug-likeness (QED) is 0.346. The van der Waals surface area contributed by atoms with Crippen LogP contribution in [0.5, 0.6) is 0 Å². The lowest BCUT2D eigenvalue weighted by atomic mass is 9.80. The Morgan fingerprint density at radius 3 is 2.67 bits per heavy atom. The van der Waals surface area contributed by atoms with Crippen molar-refractivity contribution in [3.63, 3.8) is 0 Å². The van der Waals surface area contributed by atoms with Crippen LogP contribution in [0.2, 0.25) is 0 Å². The number of hydrazine groups is 1. The van der Waals surface area contributed by atoms with Gasteiger partial charge in [-0.1, -0.05) is 19.3 Å². The maximum absolute atomic E-state index is 12.3. The van der Waals surface area contributed by atoms with E-state index in [1.165, 1.54) is 18.6 Å². The zero-order valence-corrected chi connectivity index (χ0v) is 13.3. The molecule has 24 heavy (non-hydrogen) atoms. The van der Waals surface area contributed by atoms with Gasteiger partial charge in [-0.05, 0) is 12.3 Å². The first-order valence-corrected chi connectivity index (χ1v) is 7.94. The number of nitrogens with two attached hydrogens (primary N) is 1. The molecule has 1 aliphatic carbocycles. The molecule has 2 rings (SSSR count). The van der Waals surface area contributed by atoms with Crippen molar-refractivity contribution in [3.8, 4) is 0 Å². The number of hydrogen-bond acceptors (Lipinski definition) is 6. The number of carbonyl (C=O) groups is 3. The van der Waals surface area contributed by atoms with Crippen LogP contribution in [0.1, 0.15) is 42.6 Å². The fourth-order valence-electron chi connectivity index (χ4n) is 2.36. The van der Waals surface area contributed by atoms with Gasteiger partial charge in [0.25, 0.3) is 11.8 Å². The number of rotatable bonds is 9. The van der Waals surface area contributed by atoms with Crippen molar-refractivity contribution in [2.75, 3.05) is 6.54 Å². The van der Waals surface area contributed by atoms with E-state index < -0.39 is 17.9 Å². The number of nitrogens with zero attached hydrogens (tertiary/aromatic N) is 2. The Labute approximate surface area is 139 Å². The highest BCUT2D eigenvalue weighted by Crippen LogP contribution is 2.30. The lowest BCUT2D eigenvalue weighted by Crippen LogP contribution is -2.52. The molecule has 1 saturated carbocycles. The fourth-order valence-corrected chi connectivity index (χ4v) is 2.36. The first kappa shape index (κ1) is 17.8. The summed E-state index contributed by atoms with van der Waals surface area (Å²) in [7, 11) is 0. The van der Waals surface area contributed by atoms with E-state index in [9.17, 15) is 14.4 Å². The first-order chi connectivity index (χ1) is 11.6. The van der Waals surface area contributed by atoms with Crippen LogP contribution in [0.3, 0.4) is 0 Å². The molecule has 5 N–H and O–H groups in total. The van der Waals surface area contributed by atoms with Gasteiger partial charge in [0.05, 0.1) is 6.20 Å². The third-order valence-corrected chi connectivity index (χ3v) is 3.92. The van der Waals surface area contributed by atoms with Crippen molar-refractivity contribution >= 4 is 17.7 Å². The van der Waals surface area contributed by atoms with Crippen LogP contribution in [0.15, 0.2) is 18.6 Å². The molecule has 9 heteroatoms. The summed E-state index contributed by atoms with van der Waals surface area (Å²) in [6.07, 6.45) is 8.17. The molecule has 0 saturated heterocycles. The Hall–Kier alpha value is -2.55. The van der Waals surface area contributed by atoms with Crippen molar-refractivity contribution in [2.45, 2.75) is 38.1 Å². The molecule has 130 valence electrons. The van der Waals surface area contributed by atoms with Crippen molar-refractivity contribution in [1.29, 1.82) is 0 Å². The van der Waals surface area contributed by atoms with E-state index in [1.807, 2.05) is 0 Å². The largest absolute Gasteiger partial charge is 0.370 e. The summed E-state index contributed by atoms with van der Waals surface area (Å²) in [4.78, 5) is 42.9. The summed E-state index contributed by atoms with van der Waals surface area (Å²) in [6.45, 7) is 0.231. The van der Waals surface area contributed by atoms with Gasteiger partial charge in [0, 0.05) is 25.4 Å². The van der Waals surface area contributed by atoms with Crippen LogP contribution < -0.4 is 21.9 Å². The average Bonchev–Trinajstić information content (AvgIpc) is 2.54. The minimum atomic E-state index is -0.675.